The van der Waals surface area contributed by atoms with Crippen LogP contribution in [0.1, 0.15) is 12.5 Å². The van der Waals surface area contributed by atoms with Gasteiger partial charge >= 0.3 is 0 Å². The summed E-state index contributed by atoms with van der Waals surface area (Å²) >= 11 is 1.14. The SMILES string of the molecule is CC(Sc1nc2cc(S(=O)(=O)N(C)C)ccc2o1)C(=O)N(C)Cc1cccc(F)c1. The van der Waals surface area contributed by atoms with E-state index in [1.165, 1.54) is 43.3 Å². The summed E-state index contributed by atoms with van der Waals surface area (Å²) < 4.78 is 44.7. The normalized spacial score (nSPS) is 13.0. The zero-order valence-electron chi connectivity index (χ0n) is 17.0. The second kappa shape index (κ2) is 8.75. The summed E-state index contributed by atoms with van der Waals surface area (Å²) in [5, 5.41) is -0.231. The molecule has 3 rings (SSSR count). The van der Waals surface area contributed by atoms with Crippen molar-refractivity contribution in [3.8, 4) is 0 Å². The molecule has 2 aromatic carbocycles. The van der Waals surface area contributed by atoms with Crippen molar-refractivity contribution in [2.45, 2.75) is 28.8 Å². The number of thioether (sulfide) groups is 1. The lowest BCUT2D eigenvalue weighted by Crippen LogP contribution is -2.32. The van der Waals surface area contributed by atoms with Crippen molar-refractivity contribution in [2.75, 3.05) is 21.1 Å². The molecule has 7 nitrogen and oxygen atoms in total. The Kier molecular flexibility index (Phi) is 6.49. The summed E-state index contributed by atoms with van der Waals surface area (Å²) in [6.07, 6.45) is 0. The number of rotatable bonds is 7. The van der Waals surface area contributed by atoms with Crippen LogP contribution in [0.3, 0.4) is 0 Å². The van der Waals surface area contributed by atoms with E-state index in [9.17, 15) is 17.6 Å². The molecule has 1 unspecified atom stereocenters. The fourth-order valence-corrected chi connectivity index (χ4v) is 4.60. The molecule has 10 heteroatoms. The molecule has 1 amide bonds. The minimum Gasteiger partial charge on any atom is -0.431 e. The molecule has 0 N–H and O–H groups in total. The van der Waals surface area contributed by atoms with E-state index in [1.54, 1.807) is 32.2 Å². The third kappa shape index (κ3) is 4.82. The Hall–Kier alpha value is -2.43. The highest BCUT2D eigenvalue weighted by atomic mass is 32.2. The van der Waals surface area contributed by atoms with Crippen LogP contribution in [0, 0.1) is 5.82 Å². The van der Waals surface area contributed by atoms with E-state index < -0.39 is 15.3 Å². The van der Waals surface area contributed by atoms with Gasteiger partial charge in [-0.05, 0) is 42.8 Å². The number of carbonyl (C=O) groups is 1. The van der Waals surface area contributed by atoms with E-state index in [0.29, 0.717) is 16.7 Å². The number of fused-ring (bicyclic) bond motifs is 1. The number of halogens is 1. The molecule has 0 spiro atoms. The Morgan fingerprint density at radius 2 is 1.93 bits per heavy atom. The quantitative estimate of drug-likeness (QED) is 0.512. The van der Waals surface area contributed by atoms with E-state index in [-0.39, 0.29) is 28.4 Å². The molecule has 1 aromatic heterocycles. The van der Waals surface area contributed by atoms with Crippen LogP contribution in [0.5, 0.6) is 0 Å². The standard InChI is InChI=1S/C20H22FN3O4S2/c1-13(19(25)24(4)12-14-6-5-7-15(21)10-14)29-20-22-17-11-16(8-9-18(17)28-20)30(26,27)23(2)3/h5-11,13H,12H2,1-4H3. The van der Waals surface area contributed by atoms with Crippen molar-refractivity contribution in [1.29, 1.82) is 0 Å². The van der Waals surface area contributed by atoms with Crippen molar-refractivity contribution < 1.29 is 22.0 Å². The van der Waals surface area contributed by atoms with E-state index in [4.69, 9.17) is 4.42 Å². The summed E-state index contributed by atoms with van der Waals surface area (Å²) in [7, 11) is 0.976. The van der Waals surface area contributed by atoms with Gasteiger partial charge in [-0.1, -0.05) is 23.9 Å². The van der Waals surface area contributed by atoms with Crippen LogP contribution >= 0.6 is 11.8 Å². The number of carbonyl (C=O) groups excluding carboxylic acids is 1. The van der Waals surface area contributed by atoms with Crippen molar-refractivity contribution >= 4 is 38.8 Å². The van der Waals surface area contributed by atoms with Gasteiger partial charge in [-0.25, -0.2) is 22.1 Å². The lowest BCUT2D eigenvalue weighted by molar-refractivity contribution is -0.129. The molecule has 160 valence electrons. The van der Waals surface area contributed by atoms with Gasteiger partial charge in [-0.2, -0.15) is 0 Å². The minimum absolute atomic E-state index is 0.115. The van der Waals surface area contributed by atoms with Crippen molar-refractivity contribution in [3.63, 3.8) is 0 Å². The maximum Gasteiger partial charge on any atom is 0.257 e. The molecule has 0 aliphatic carbocycles. The zero-order valence-corrected chi connectivity index (χ0v) is 18.6. The van der Waals surface area contributed by atoms with Gasteiger partial charge in [0, 0.05) is 27.7 Å². The minimum atomic E-state index is -3.58. The Labute approximate surface area is 178 Å². The van der Waals surface area contributed by atoms with Gasteiger partial charge in [0.25, 0.3) is 5.22 Å². The van der Waals surface area contributed by atoms with Gasteiger partial charge in [0.15, 0.2) is 5.58 Å². The molecule has 0 bridgehead atoms. The molecule has 0 aliphatic heterocycles. The van der Waals surface area contributed by atoms with Gasteiger partial charge in [0.1, 0.15) is 11.3 Å². The molecule has 1 heterocycles. The van der Waals surface area contributed by atoms with Crippen LogP contribution in [0.4, 0.5) is 4.39 Å². The topological polar surface area (TPSA) is 83.7 Å². The lowest BCUT2D eigenvalue weighted by Gasteiger charge is -2.20. The molecule has 0 saturated carbocycles. The first-order valence-corrected chi connectivity index (χ1v) is 11.4. The second-order valence-electron chi connectivity index (χ2n) is 6.98. The van der Waals surface area contributed by atoms with Gasteiger partial charge in [0.2, 0.25) is 15.9 Å². The number of hydrogen-bond acceptors (Lipinski definition) is 6. The van der Waals surface area contributed by atoms with E-state index in [1.807, 2.05) is 0 Å². The van der Waals surface area contributed by atoms with Gasteiger partial charge in [-0.3, -0.25) is 4.79 Å². The first kappa shape index (κ1) is 22.3. The van der Waals surface area contributed by atoms with Crippen LogP contribution in [0.15, 0.2) is 57.0 Å². The number of sulfonamides is 1. The lowest BCUT2D eigenvalue weighted by atomic mass is 10.2. The van der Waals surface area contributed by atoms with Gasteiger partial charge in [0.05, 0.1) is 10.1 Å². The first-order valence-electron chi connectivity index (χ1n) is 9.07. The van der Waals surface area contributed by atoms with Gasteiger partial charge in [-0.15, -0.1) is 0 Å². The van der Waals surface area contributed by atoms with E-state index in [2.05, 4.69) is 4.98 Å². The predicted octanol–water partition coefficient (Wildman–Crippen LogP) is 3.36. The highest BCUT2D eigenvalue weighted by Gasteiger charge is 2.23. The molecule has 0 aliphatic rings. The van der Waals surface area contributed by atoms with Crippen LogP contribution in [0.2, 0.25) is 0 Å². The molecule has 0 saturated heterocycles. The number of aromatic nitrogens is 1. The smallest absolute Gasteiger partial charge is 0.257 e. The fraction of sp³-hybridized carbons (Fsp3) is 0.300. The molecule has 0 radical (unpaired) electrons. The Balaban J connectivity index is 1.72. The van der Waals surface area contributed by atoms with E-state index >= 15 is 0 Å². The summed E-state index contributed by atoms with van der Waals surface area (Å²) in [5.74, 6) is -0.514. The average molecular weight is 452 g/mol. The third-order valence-electron chi connectivity index (χ3n) is 4.43. The maximum atomic E-state index is 13.3. The summed E-state index contributed by atoms with van der Waals surface area (Å²) in [4.78, 5) is 18.6. The van der Waals surface area contributed by atoms with Crippen molar-refractivity contribution in [3.05, 3.63) is 53.8 Å². The zero-order chi connectivity index (χ0) is 22.1. The van der Waals surface area contributed by atoms with Crippen LogP contribution < -0.4 is 0 Å². The van der Waals surface area contributed by atoms with Gasteiger partial charge < -0.3 is 9.32 Å². The second-order valence-corrected chi connectivity index (χ2v) is 10.4. The Morgan fingerprint density at radius 3 is 2.60 bits per heavy atom. The van der Waals surface area contributed by atoms with E-state index in [0.717, 1.165) is 16.1 Å². The Morgan fingerprint density at radius 1 is 1.20 bits per heavy atom. The third-order valence-corrected chi connectivity index (χ3v) is 7.17. The number of nitrogens with zero attached hydrogens (tertiary/aromatic N) is 3. The van der Waals surface area contributed by atoms with Crippen LogP contribution in [-0.4, -0.2) is 54.9 Å². The molecule has 0 fully saturated rings. The van der Waals surface area contributed by atoms with Crippen molar-refractivity contribution in [1.82, 2.24) is 14.2 Å². The molecular weight excluding hydrogens is 429 g/mol. The molecule has 30 heavy (non-hydrogen) atoms. The monoisotopic (exact) mass is 451 g/mol. The largest absolute Gasteiger partial charge is 0.431 e. The molecular formula is C20H22FN3O4S2. The van der Waals surface area contributed by atoms with Crippen molar-refractivity contribution in [2.24, 2.45) is 0 Å². The molecule has 1 atom stereocenters. The fourth-order valence-electron chi connectivity index (χ4n) is 2.81. The summed E-state index contributed by atoms with van der Waals surface area (Å²) in [6, 6.07) is 10.5. The highest BCUT2D eigenvalue weighted by Crippen LogP contribution is 2.29. The number of benzene rings is 2. The number of hydrogen-bond donors (Lipinski definition) is 0. The highest BCUT2D eigenvalue weighted by molar-refractivity contribution is 8.00. The average Bonchev–Trinajstić information content (AvgIpc) is 3.08. The summed E-state index contributed by atoms with van der Waals surface area (Å²) in [5.41, 5.74) is 1.52. The first-order chi connectivity index (χ1) is 14.1. The van der Waals surface area contributed by atoms with Crippen LogP contribution in [-0.2, 0) is 21.4 Å². The van der Waals surface area contributed by atoms with Crippen LogP contribution in [0.25, 0.3) is 11.1 Å². The predicted molar refractivity (Wildman–Crippen MR) is 113 cm³/mol. The Bertz CT molecular complexity index is 1180. The maximum absolute atomic E-state index is 13.3. The number of amides is 1. The molecule has 3 aromatic rings. The summed E-state index contributed by atoms with van der Waals surface area (Å²) in [6.45, 7) is 2.01. The number of oxazole rings is 1.